The molecule has 6 rings (SSSR count). The fourth-order valence-electron chi connectivity index (χ4n) is 6.71. The molecular formula is C23H32N6O3. The summed E-state index contributed by atoms with van der Waals surface area (Å²) < 4.78 is 8.70. The van der Waals surface area contributed by atoms with Crippen LogP contribution in [0.2, 0.25) is 0 Å². The van der Waals surface area contributed by atoms with Gasteiger partial charge in [0.25, 0.3) is 5.91 Å². The van der Waals surface area contributed by atoms with Crippen LogP contribution in [0.5, 0.6) is 0 Å². The molecule has 3 unspecified atom stereocenters. The smallest absolute Gasteiger partial charge is 0.256 e. The molecule has 4 aliphatic rings. The fourth-order valence-corrected chi connectivity index (χ4v) is 6.71. The summed E-state index contributed by atoms with van der Waals surface area (Å²) in [6.45, 7) is 2.88. The largest absolute Gasteiger partial charge is 0.385 e. The van der Waals surface area contributed by atoms with Crippen LogP contribution in [0.15, 0.2) is 24.7 Å². The summed E-state index contributed by atoms with van der Waals surface area (Å²) in [5.74, 6) is 2.10. The summed E-state index contributed by atoms with van der Waals surface area (Å²) in [6.07, 6.45) is 11.2. The number of hydrogen-bond donors (Lipinski definition) is 2. The Bertz CT molecular complexity index is 968. The Hall–Kier alpha value is -2.68. The highest BCUT2D eigenvalue weighted by Crippen LogP contribution is 2.55. The highest BCUT2D eigenvalue weighted by molar-refractivity contribution is 5.97. The van der Waals surface area contributed by atoms with Crippen LogP contribution in [0.3, 0.4) is 0 Å². The molecule has 0 aromatic carbocycles. The first-order valence-electron chi connectivity index (χ1n) is 11.6. The fraction of sp³-hybridized carbons (Fsp3) is 0.652. The monoisotopic (exact) mass is 440 g/mol. The second-order valence-electron chi connectivity index (χ2n) is 9.83. The van der Waals surface area contributed by atoms with Gasteiger partial charge < -0.3 is 15.4 Å². The second-order valence-corrected chi connectivity index (χ2v) is 9.83. The standard InChI is InChI=1S/C23H32N6O3/c1-15(30)27-23-11-16-9-17(12-23)20(18(10-16)13-23)26-21(31)19-14-25-29(7-4-8-32-2)22(19)28-6-3-5-24-28/h3,5-6,14,16-18,20H,4,7-13H2,1-2H3,(H,26,31)(H,27,30)/t16?,17-,18+,20?,23?. The molecule has 0 radical (unpaired) electrons. The van der Waals surface area contributed by atoms with Gasteiger partial charge in [-0.1, -0.05) is 0 Å². The Kier molecular flexibility index (Phi) is 5.53. The third kappa shape index (κ3) is 3.83. The van der Waals surface area contributed by atoms with Crippen LogP contribution in [0.25, 0.3) is 5.82 Å². The summed E-state index contributed by atoms with van der Waals surface area (Å²) in [6, 6.07) is 1.98. The Morgan fingerprint density at radius 1 is 1.22 bits per heavy atom. The van der Waals surface area contributed by atoms with Crippen molar-refractivity contribution < 1.29 is 14.3 Å². The van der Waals surface area contributed by atoms with Crippen LogP contribution >= 0.6 is 0 Å². The molecule has 2 heterocycles. The molecule has 4 fully saturated rings. The van der Waals surface area contributed by atoms with E-state index in [1.165, 1.54) is 0 Å². The first kappa shape index (κ1) is 21.2. The highest BCUT2D eigenvalue weighted by Gasteiger charge is 2.56. The average Bonchev–Trinajstić information content (AvgIpc) is 3.39. The Morgan fingerprint density at radius 2 is 2.00 bits per heavy atom. The molecule has 9 nitrogen and oxygen atoms in total. The van der Waals surface area contributed by atoms with Gasteiger partial charge in [-0.15, -0.1) is 0 Å². The minimum Gasteiger partial charge on any atom is -0.385 e. The number of ether oxygens (including phenoxy) is 1. The maximum Gasteiger partial charge on any atom is 0.256 e. The van der Waals surface area contributed by atoms with Crippen LogP contribution in [-0.4, -0.2) is 56.7 Å². The van der Waals surface area contributed by atoms with E-state index in [0.717, 1.165) is 38.5 Å². The third-order valence-corrected chi connectivity index (χ3v) is 7.51. The average molecular weight is 441 g/mol. The molecule has 0 aliphatic heterocycles. The first-order valence-corrected chi connectivity index (χ1v) is 11.6. The molecule has 2 amide bonds. The number of nitrogens with one attached hydrogen (secondary N) is 2. The van der Waals surface area contributed by atoms with Crippen molar-refractivity contribution >= 4 is 11.8 Å². The topological polar surface area (TPSA) is 103 Å². The van der Waals surface area contributed by atoms with Gasteiger partial charge in [0.2, 0.25) is 5.91 Å². The van der Waals surface area contributed by atoms with E-state index in [4.69, 9.17) is 4.74 Å². The van der Waals surface area contributed by atoms with Crippen molar-refractivity contribution in [2.45, 2.75) is 63.6 Å². The van der Waals surface area contributed by atoms with Gasteiger partial charge in [-0.3, -0.25) is 9.59 Å². The zero-order valence-corrected chi connectivity index (χ0v) is 18.8. The Labute approximate surface area is 187 Å². The Morgan fingerprint density at radius 3 is 2.66 bits per heavy atom. The molecule has 5 atom stereocenters. The van der Waals surface area contributed by atoms with Gasteiger partial charge in [0.1, 0.15) is 5.56 Å². The van der Waals surface area contributed by atoms with E-state index in [2.05, 4.69) is 20.8 Å². The minimum atomic E-state index is -0.0976. The van der Waals surface area contributed by atoms with E-state index < -0.39 is 0 Å². The van der Waals surface area contributed by atoms with Gasteiger partial charge in [0.05, 0.1) is 6.20 Å². The van der Waals surface area contributed by atoms with Gasteiger partial charge >= 0.3 is 0 Å². The molecule has 2 N–H and O–H groups in total. The number of carbonyl (C=O) groups is 2. The molecule has 2 aromatic rings. The highest BCUT2D eigenvalue weighted by atomic mass is 16.5. The molecule has 32 heavy (non-hydrogen) atoms. The van der Waals surface area contributed by atoms with E-state index in [-0.39, 0.29) is 23.4 Å². The van der Waals surface area contributed by atoms with Crippen LogP contribution in [0.4, 0.5) is 0 Å². The lowest BCUT2D eigenvalue weighted by atomic mass is 9.51. The number of nitrogens with zero attached hydrogens (tertiary/aromatic N) is 4. The molecular weight excluding hydrogens is 408 g/mol. The molecule has 172 valence electrons. The second kappa shape index (κ2) is 8.35. The van der Waals surface area contributed by atoms with Crippen molar-refractivity contribution in [1.29, 1.82) is 0 Å². The maximum absolute atomic E-state index is 13.5. The normalized spacial score (nSPS) is 30.4. The van der Waals surface area contributed by atoms with Crippen LogP contribution < -0.4 is 10.6 Å². The number of aryl methyl sites for hydroxylation is 1. The summed E-state index contributed by atoms with van der Waals surface area (Å²) in [7, 11) is 1.68. The first-order chi connectivity index (χ1) is 15.5. The van der Waals surface area contributed by atoms with E-state index in [1.54, 1.807) is 31.1 Å². The van der Waals surface area contributed by atoms with Gasteiger partial charge in [0.15, 0.2) is 5.82 Å². The predicted octanol–water partition coefficient (Wildman–Crippen LogP) is 1.92. The number of hydrogen-bond acceptors (Lipinski definition) is 5. The maximum atomic E-state index is 13.5. The molecule has 4 bridgehead atoms. The zero-order valence-electron chi connectivity index (χ0n) is 18.8. The SMILES string of the molecule is COCCCn1ncc(C(=O)NC2[C@@H]3CC4C[C@H]2CC(NC(C)=O)(C4)C3)c1-n1cccn1. The van der Waals surface area contributed by atoms with Crippen LogP contribution in [0, 0.1) is 17.8 Å². The summed E-state index contributed by atoms with van der Waals surface area (Å²) in [5, 5.41) is 15.5. The van der Waals surface area contributed by atoms with Crippen LogP contribution in [-0.2, 0) is 16.1 Å². The molecule has 2 aromatic heterocycles. The van der Waals surface area contributed by atoms with Crippen LogP contribution in [0.1, 0.15) is 55.8 Å². The number of rotatable bonds is 8. The molecule has 0 spiro atoms. The van der Waals surface area contributed by atoms with E-state index in [9.17, 15) is 9.59 Å². The van der Waals surface area contributed by atoms with Gasteiger partial charge in [-0.2, -0.15) is 10.2 Å². The van der Waals surface area contributed by atoms with Crippen molar-refractivity contribution in [2.24, 2.45) is 17.8 Å². The number of amides is 2. The van der Waals surface area contributed by atoms with Crippen molar-refractivity contribution in [3.8, 4) is 5.82 Å². The summed E-state index contributed by atoms with van der Waals surface area (Å²) in [5.41, 5.74) is 0.465. The van der Waals surface area contributed by atoms with E-state index >= 15 is 0 Å². The summed E-state index contributed by atoms with van der Waals surface area (Å²) in [4.78, 5) is 25.3. The minimum absolute atomic E-state index is 0.0530. The molecule has 4 saturated carbocycles. The van der Waals surface area contributed by atoms with Crippen molar-refractivity contribution in [1.82, 2.24) is 30.2 Å². The van der Waals surface area contributed by atoms with Crippen molar-refractivity contribution in [3.05, 3.63) is 30.2 Å². The van der Waals surface area contributed by atoms with E-state index in [0.29, 0.717) is 42.3 Å². The zero-order chi connectivity index (χ0) is 22.3. The number of carbonyl (C=O) groups excluding carboxylic acids is 2. The van der Waals surface area contributed by atoms with Gasteiger partial charge in [-0.25, -0.2) is 9.36 Å². The molecule has 0 saturated heterocycles. The quantitative estimate of drug-likeness (QED) is 0.611. The van der Waals surface area contributed by atoms with Gasteiger partial charge in [0, 0.05) is 51.2 Å². The number of methoxy groups -OCH3 is 1. The number of aromatic nitrogens is 4. The summed E-state index contributed by atoms with van der Waals surface area (Å²) >= 11 is 0. The lowest BCUT2D eigenvalue weighted by molar-refractivity contribution is -0.125. The predicted molar refractivity (Wildman–Crippen MR) is 117 cm³/mol. The molecule has 4 aliphatic carbocycles. The van der Waals surface area contributed by atoms with Crippen molar-refractivity contribution in [3.63, 3.8) is 0 Å². The lowest BCUT2D eigenvalue weighted by Crippen LogP contribution is -2.66. The third-order valence-electron chi connectivity index (χ3n) is 7.51. The van der Waals surface area contributed by atoms with Crippen molar-refractivity contribution in [2.75, 3.05) is 13.7 Å². The Balaban J connectivity index is 1.35. The van der Waals surface area contributed by atoms with E-state index in [1.807, 2.05) is 16.9 Å². The lowest BCUT2D eigenvalue weighted by Gasteiger charge is -2.60. The molecule has 9 heteroatoms. The van der Waals surface area contributed by atoms with Gasteiger partial charge in [-0.05, 0) is 62.3 Å².